The number of benzene rings is 1. The highest BCUT2D eigenvalue weighted by molar-refractivity contribution is 5.88. The topological polar surface area (TPSA) is 51.5 Å². The number of unbranched alkanes of at least 4 members (excludes halogenated alkanes) is 1. The number of furan rings is 1. The van der Waals surface area contributed by atoms with Crippen molar-refractivity contribution in [2.45, 2.75) is 26.2 Å². The molecule has 0 atom stereocenters. The van der Waals surface area contributed by atoms with E-state index in [2.05, 4.69) is 12.2 Å². The second kappa shape index (κ2) is 6.27. The van der Waals surface area contributed by atoms with Gasteiger partial charge in [-0.05, 0) is 24.6 Å². The molecule has 0 bridgehead atoms. The van der Waals surface area contributed by atoms with E-state index in [0.29, 0.717) is 6.42 Å². The number of carbonyl (C=O) groups excluding carboxylic acids is 1. The Balaban J connectivity index is 2.09. The minimum absolute atomic E-state index is 0.0268. The molecule has 1 N–H and O–H groups in total. The van der Waals surface area contributed by atoms with E-state index >= 15 is 0 Å². The van der Waals surface area contributed by atoms with Gasteiger partial charge in [0.25, 0.3) is 0 Å². The molecule has 0 aliphatic carbocycles. The number of carbonyl (C=O) groups is 1. The highest BCUT2D eigenvalue weighted by atomic mass is 16.5. The van der Waals surface area contributed by atoms with Gasteiger partial charge in [0.2, 0.25) is 5.91 Å². The van der Waals surface area contributed by atoms with Crippen molar-refractivity contribution in [2.75, 3.05) is 13.7 Å². The summed E-state index contributed by atoms with van der Waals surface area (Å²) >= 11 is 0. The molecular formula is C15H19NO3. The predicted octanol–water partition coefficient (Wildman–Crippen LogP) is 2.90. The highest BCUT2D eigenvalue weighted by Crippen LogP contribution is 2.26. The number of methoxy groups -OCH3 is 1. The molecule has 2 aromatic rings. The summed E-state index contributed by atoms with van der Waals surface area (Å²) in [6.07, 6.45) is 4.06. The third-order valence-corrected chi connectivity index (χ3v) is 3.06. The van der Waals surface area contributed by atoms with Crippen LogP contribution in [0.25, 0.3) is 11.0 Å². The standard InChI is InChI=1S/C15H19NO3/c1-3-4-7-16-15(17)8-11-10-19-14-6-5-12(18-2)9-13(11)14/h5-6,9-10H,3-4,7-8H2,1-2H3,(H,16,17). The van der Waals surface area contributed by atoms with Crippen LogP contribution in [0.2, 0.25) is 0 Å². The van der Waals surface area contributed by atoms with E-state index in [1.54, 1.807) is 13.4 Å². The Hall–Kier alpha value is -1.97. The van der Waals surface area contributed by atoms with Gasteiger partial charge in [-0.3, -0.25) is 4.79 Å². The Morgan fingerprint density at radius 1 is 1.42 bits per heavy atom. The maximum absolute atomic E-state index is 11.8. The molecule has 0 saturated carbocycles. The summed E-state index contributed by atoms with van der Waals surface area (Å²) in [6, 6.07) is 5.59. The summed E-state index contributed by atoms with van der Waals surface area (Å²) in [5, 5.41) is 3.84. The van der Waals surface area contributed by atoms with Crippen LogP contribution in [0.15, 0.2) is 28.9 Å². The van der Waals surface area contributed by atoms with Crippen LogP contribution in [0, 0.1) is 0 Å². The second-order valence-electron chi connectivity index (χ2n) is 4.50. The fourth-order valence-corrected chi connectivity index (χ4v) is 1.96. The molecule has 2 rings (SSSR count). The number of fused-ring (bicyclic) bond motifs is 1. The summed E-state index contributed by atoms with van der Waals surface area (Å²) in [5.41, 5.74) is 1.67. The average molecular weight is 261 g/mol. The van der Waals surface area contributed by atoms with E-state index in [-0.39, 0.29) is 5.91 Å². The first-order chi connectivity index (χ1) is 9.24. The molecule has 1 aromatic carbocycles. The van der Waals surface area contributed by atoms with Gasteiger partial charge >= 0.3 is 0 Å². The van der Waals surface area contributed by atoms with Gasteiger partial charge in [-0.25, -0.2) is 0 Å². The van der Waals surface area contributed by atoms with Gasteiger partial charge in [-0.15, -0.1) is 0 Å². The van der Waals surface area contributed by atoms with Crippen molar-refractivity contribution in [3.05, 3.63) is 30.0 Å². The van der Waals surface area contributed by atoms with Crippen molar-refractivity contribution in [1.29, 1.82) is 0 Å². The van der Waals surface area contributed by atoms with Crippen molar-refractivity contribution >= 4 is 16.9 Å². The molecule has 0 aliphatic rings. The van der Waals surface area contributed by atoms with Gasteiger partial charge in [-0.1, -0.05) is 13.3 Å². The smallest absolute Gasteiger partial charge is 0.224 e. The quantitative estimate of drug-likeness (QED) is 0.813. The molecular weight excluding hydrogens is 242 g/mol. The van der Waals surface area contributed by atoms with Crippen molar-refractivity contribution in [2.24, 2.45) is 0 Å². The van der Waals surface area contributed by atoms with Gasteiger partial charge in [-0.2, -0.15) is 0 Å². The molecule has 0 unspecified atom stereocenters. The number of ether oxygens (including phenoxy) is 1. The van der Waals surface area contributed by atoms with Crippen molar-refractivity contribution in [3.8, 4) is 5.75 Å². The lowest BCUT2D eigenvalue weighted by atomic mass is 10.1. The number of hydrogen-bond acceptors (Lipinski definition) is 3. The Labute approximate surface area is 112 Å². The lowest BCUT2D eigenvalue weighted by molar-refractivity contribution is -0.120. The normalized spacial score (nSPS) is 10.6. The van der Waals surface area contributed by atoms with E-state index in [1.807, 2.05) is 18.2 Å². The van der Waals surface area contributed by atoms with Crippen LogP contribution in [0.4, 0.5) is 0 Å². The van der Waals surface area contributed by atoms with Crippen molar-refractivity contribution in [3.63, 3.8) is 0 Å². The molecule has 4 nitrogen and oxygen atoms in total. The van der Waals surface area contributed by atoms with Gasteiger partial charge in [0.05, 0.1) is 19.8 Å². The summed E-state index contributed by atoms with van der Waals surface area (Å²) < 4.78 is 10.6. The molecule has 1 amide bonds. The maximum atomic E-state index is 11.8. The monoisotopic (exact) mass is 261 g/mol. The summed E-state index contributed by atoms with van der Waals surface area (Å²) in [5.74, 6) is 0.792. The molecule has 4 heteroatoms. The molecule has 0 fully saturated rings. The van der Waals surface area contributed by atoms with Gasteiger partial charge < -0.3 is 14.5 Å². The predicted molar refractivity (Wildman–Crippen MR) is 74.4 cm³/mol. The Morgan fingerprint density at radius 3 is 3.00 bits per heavy atom. The number of amides is 1. The number of nitrogens with one attached hydrogen (secondary N) is 1. The van der Waals surface area contributed by atoms with Crippen LogP contribution in [0.5, 0.6) is 5.75 Å². The molecule has 0 aliphatic heterocycles. The van der Waals surface area contributed by atoms with Crippen LogP contribution in [0.3, 0.4) is 0 Å². The first-order valence-electron chi connectivity index (χ1n) is 6.55. The molecule has 1 aromatic heterocycles. The minimum atomic E-state index is 0.0268. The average Bonchev–Trinajstić information content (AvgIpc) is 2.81. The molecule has 102 valence electrons. The summed E-state index contributed by atoms with van der Waals surface area (Å²) in [6.45, 7) is 2.83. The van der Waals surface area contributed by atoms with Gasteiger partial charge in [0.15, 0.2) is 0 Å². The number of rotatable bonds is 6. The van der Waals surface area contributed by atoms with Crippen LogP contribution in [-0.4, -0.2) is 19.6 Å². The minimum Gasteiger partial charge on any atom is -0.497 e. The fourth-order valence-electron chi connectivity index (χ4n) is 1.96. The molecule has 19 heavy (non-hydrogen) atoms. The summed E-state index contributed by atoms with van der Waals surface area (Å²) in [4.78, 5) is 11.8. The fraction of sp³-hybridized carbons (Fsp3) is 0.400. The molecule has 1 heterocycles. The largest absolute Gasteiger partial charge is 0.497 e. The van der Waals surface area contributed by atoms with E-state index in [1.165, 1.54) is 0 Å². The third kappa shape index (κ3) is 3.28. The Bertz CT molecular complexity index is 560. The highest BCUT2D eigenvalue weighted by Gasteiger charge is 2.10. The lowest BCUT2D eigenvalue weighted by Gasteiger charge is -2.03. The Morgan fingerprint density at radius 2 is 2.26 bits per heavy atom. The zero-order valence-electron chi connectivity index (χ0n) is 11.4. The SMILES string of the molecule is CCCCNC(=O)Cc1coc2ccc(OC)cc12. The Kier molecular flexibility index (Phi) is 4.44. The zero-order valence-corrected chi connectivity index (χ0v) is 11.4. The van der Waals surface area contributed by atoms with E-state index < -0.39 is 0 Å². The van der Waals surface area contributed by atoms with Crippen LogP contribution in [0.1, 0.15) is 25.3 Å². The lowest BCUT2D eigenvalue weighted by Crippen LogP contribution is -2.25. The summed E-state index contributed by atoms with van der Waals surface area (Å²) in [7, 11) is 1.62. The van der Waals surface area contributed by atoms with Crippen molar-refractivity contribution in [1.82, 2.24) is 5.32 Å². The third-order valence-electron chi connectivity index (χ3n) is 3.06. The van der Waals surface area contributed by atoms with E-state index in [0.717, 1.165) is 41.7 Å². The van der Waals surface area contributed by atoms with E-state index in [4.69, 9.17) is 9.15 Å². The van der Waals surface area contributed by atoms with E-state index in [9.17, 15) is 4.79 Å². The number of hydrogen-bond donors (Lipinski definition) is 1. The maximum Gasteiger partial charge on any atom is 0.224 e. The first kappa shape index (κ1) is 13.5. The van der Waals surface area contributed by atoms with Crippen LogP contribution >= 0.6 is 0 Å². The van der Waals surface area contributed by atoms with Gasteiger partial charge in [0, 0.05) is 17.5 Å². The van der Waals surface area contributed by atoms with Crippen LogP contribution < -0.4 is 10.1 Å². The molecule has 0 spiro atoms. The van der Waals surface area contributed by atoms with Gasteiger partial charge in [0.1, 0.15) is 11.3 Å². The molecule has 0 radical (unpaired) electrons. The zero-order chi connectivity index (χ0) is 13.7. The second-order valence-corrected chi connectivity index (χ2v) is 4.50. The van der Waals surface area contributed by atoms with Crippen molar-refractivity contribution < 1.29 is 13.9 Å². The molecule has 0 saturated heterocycles. The van der Waals surface area contributed by atoms with Crippen LogP contribution in [-0.2, 0) is 11.2 Å². The first-order valence-corrected chi connectivity index (χ1v) is 6.55.